The van der Waals surface area contributed by atoms with Crippen LogP contribution in [0.3, 0.4) is 0 Å². The number of carbonyl (C=O) groups excluding carboxylic acids is 1. The lowest BCUT2D eigenvalue weighted by atomic mass is 10.4. The Hall–Kier alpha value is -0.370. The summed E-state index contributed by atoms with van der Waals surface area (Å²) in [5, 5.41) is 0. The van der Waals surface area contributed by atoms with Crippen LogP contribution in [0.15, 0.2) is 0 Å². The normalized spacial score (nSPS) is 35.4. The largest absolute Gasteiger partial charge is 0.302 e. The second-order valence-electron chi connectivity index (χ2n) is 2.49. The molecule has 2 nitrogen and oxygen atoms in total. The standard InChI is InChI=1S/C6H11NO/c1-5(2)7-3-6(7)4-8/h4-6H,3H2,1-2H3/t6-,7?/m0/s1. The van der Waals surface area contributed by atoms with Crippen molar-refractivity contribution in [3.8, 4) is 0 Å². The van der Waals surface area contributed by atoms with E-state index >= 15 is 0 Å². The first-order valence-electron chi connectivity index (χ1n) is 2.96. The SMILES string of the molecule is CC(C)N1C[C@H]1C=O. The van der Waals surface area contributed by atoms with Crippen LogP contribution in [-0.4, -0.2) is 29.8 Å². The van der Waals surface area contributed by atoms with Crippen LogP contribution in [0.4, 0.5) is 0 Å². The maximum atomic E-state index is 10.0. The highest BCUT2D eigenvalue weighted by Crippen LogP contribution is 2.17. The van der Waals surface area contributed by atoms with E-state index in [1.54, 1.807) is 0 Å². The molecular weight excluding hydrogens is 102 g/mol. The van der Waals surface area contributed by atoms with Gasteiger partial charge in [0, 0.05) is 12.6 Å². The molecule has 46 valence electrons. The number of nitrogens with zero attached hydrogens (tertiary/aromatic N) is 1. The first kappa shape index (κ1) is 5.76. The first-order chi connectivity index (χ1) is 3.75. The molecule has 0 aromatic carbocycles. The van der Waals surface area contributed by atoms with E-state index in [1.165, 1.54) is 0 Å². The molecule has 0 N–H and O–H groups in total. The lowest BCUT2D eigenvalue weighted by molar-refractivity contribution is -0.108. The lowest BCUT2D eigenvalue weighted by Gasteiger charge is -2.02. The zero-order valence-corrected chi connectivity index (χ0v) is 5.29. The van der Waals surface area contributed by atoms with Crippen LogP contribution in [0, 0.1) is 0 Å². The van der Waals surface area contributed by atoms with E-state index in [2.05, 4.69) is 18.7 Å². The summed E-state index contributed by atoms with van der Waals surface area (Å²) in [6, 6.07) is 0.792. The topological polar surface area (TPSA) is 20.1 Å². The van der Waals surface area contributed by atoms with Gasteiger partial charge in [-0.25, -0.2) is 0 Å². The van der Waals surface area contributed by atoms with Crippen molar-refractivity contribution >= 4 is 6.29 Å². The van der Waals surface area contributed by atoms with E-state index in [1.807, 2.05) is 0 Å². The van der Waals surface area contributed by atoms with Crippen molar-refractivity contribution in [1.82, 2.24) is 4.90 Å². The van der Waals surface area contributed by atoms with Gasteiger partial charge in [0.15, 0.2) is 0 Å². The predicted molar refractivity (Wildman–Crippen MR) is 31.7 cm³/mol. The van der Waals surface area contributed by atoms with Crippen LogP contribution < -0.4 is 0 Å². The van der Waals surface area contributed by atoms with E-state index in [0.717, 1.165) is 12.8 Å². The molecule has 0 bridgehead atoms. The molecule has 0 aromatic heterocycles. The molecule has 0 spiro atoms. The molecule has 1 unspecified atom stereocenters. The van der Waals surface area contributed by atoms with Crippen LogP contribution >= 0.6 is 0 Å². The number of rotatable bonds is 2. The average molecular weight is 113 g/mol. The van der Waals surface area contributed by atoms with Gasteiger partial charge < -0.3 is 4.79 Å². The monoisotopic (exact) mass is 113 g/mol. The molecule has 1 aliphatic rings. The Balaban J connectivity index is 2.26. The zero-order valence-electron chi connectivity index (χ0n) is 5.29. The summed E-state index contributed by atoms with van der Waals surface area (Å²) in [6.07, 6.45) is 1.01. The summed E-state index contributed by atoms with van der Waals surface area (Å²) >= 11 is 0. The smallest absolute Gasteiger partial charge is 0.138 e. The fraction of sp³-hybridized carbons (Fsp3) is 0.833. The average Bonchev–Trinajstić information content (AvgIpc) is 2.42. The van der Waals surface area contributed by atoms with Crippen LogP contribution in [0.25, 0.3) is 0 Å². The molecule has 1 heterocycles. The van der Waals surface area contributed by atoms with E-state index < -0.39 is 0 Å². The Morgan fingerprint density at radius 2 is 2.38 bits per heavy atom. The minimum absolute atomic E-state index is 0.245. The van der Waals surface area contributed by atoms with Crippen molar-refractivity contribution in [2.45, 2.75) is 25.9 Å². The molecule has 0 saturated carbocycles. The van der Waals surface area contributed by atoms with Crippen LogP contribution in [-0.2, 0) is 4.79 Å². The molecule has 0 radical (unpaired) electrons. The first-order valence-corrected chi connectivity index (χ1v) is 2.96. The third-order valence-electron chi connectivity index (χ3n) is 1.51. The summed E-state index contributed by atoms with van der Waals surface area (Å²) in [5.74, 6) is 0. The minimum Gasteiger partial charge on any atom is -0.302 e. The maximum absolute atomic E-state index is 10.0. The van der Waals surface area contributed by atoms with E-state index in [0.29, 0.717) is 6.04 Å². The lowest BCUT2D eigenvalue weighted by Crippen LogP contribution is -2.12. The molecule has 1 aliphatic heterocycles. The molecule has 2 atom stereocenters. The third-order valence-corrected chi connectivity index (χ3v) is 1.51. The number of carbonyl (C=O) groups is 1. The molecular formula is C6H11NO. The van der Waals surface area contributed by atoms with Crippen molar-refractivity contribution in [3.63, 3.8) is 0 Å². The van der Waals surface area contributed by atoms with Gasteiger partial charge in [-0.2, -0.15) is 0 Å². The number of hydrogen-bond donors (Lipinski definition) is 0. The summed E-state index contributed by atoms with van der Waals surface area (Å²) in [7, 11) is 0. The van der Waals surface area contributed by atoms with Crippen LogP contribution in [0.1, 0.15) is 13.8 Å². The van der Waals surface area contributed by atoms with Gasteiger partial charge >= 0.3 is 0 Å². The molecule has 2 heteroatoms. The third kappa shape index (κ3) is 0.892. The Labute approximate surface area is 49.5 Å². The fourth-order valence-corrected chi connectivity index (χ4v) is 0.884. The Bertz CT molecular complexity index is 101. The quantitative estimate of drug-likeness (QED) is 0.378. The van der Waals surface area contributed by atoms with Gasteiger partial charge in [-0.3, -0.25) is 4.90 Å². The highest BCUT2D eigenvalue weighted by atomic mass is 16.1. The van der Waals surface area contributed by atoms with Crippen LogP contribution in [0.5, 0.6) is 0 Å². The zero-order chi connectivity index (χ0) is 6.15. The summed E-state index contributed by atoms with van der Waals surface area (Å²) < 4.78 is 0. The van der Waals surface area contributed by atoms with E-state index in [4.69, 9.17) is 0 Å². The highest BCUT2D eigenvalue weighted by Gasteiger charge is 2.34. The van der Waals surface area contributed by atoms with Crippen molar-refractivity contribution in [3.05, 3.63) is 0 Å². The van der Waals surface area contributed by atoms with Crippen molar-refractivity contribution in [1.29, 1.82) is 0 Å². The summed E-state index contributed by atoms with van der Waals surface area (Å²) in [5.41, 5.74) is 0. The maximum Gasteiger partial charge on any atom is 0.138 e. The van der Waals surface area contributed by atoms with Gasteiger partial charge in [0.1, 0.15) is 6.29 Å². The molecule has 1 fully saturated rings. The van der Waals surface area contributed by atoms with E-state index in [-0.39, 0.29) is 6.04 Å². The van der Waals surface area contributed by atoms with Crippen molar-refractivity contribution < 1.29 is 4.79 Å². The molecule has 1 rings (SSSR count). The van der Waals surface area contributed by atoms with Gasteiger partial charge in [0.2, 0.25) is 0 Å². The summed E-state index contributed by atoms with van der Waals surface area (Å²) in [4.78, 5) is 12.2. The molecule has 0 amide bonds. The molecule has 0 aromatic rings. The Morgan fingerprint density at radius 3 is 2.50 bits per heavy atom. The number of aldehydes is 1. The summed E-state index contributed by atoms with van der Waals surface area (Å²) in [6.45, 7) is 5.17. The highest BCUT2D eigenvalue weighted by molar-refractivity contribution is 5.62. The minimum atomic E-state index is 0.245. The Kier molecular flexibility index (Phi) is 1.34. The molecule has 0 aliphatic carbocycles. The van der Waals surface area contributed by atoms with Crippen LogP contribution in [0.2, 0.25) is 0 Å². The van der Waals surface area contributed by atoms with Gasteiger partial charge in [-0.05, 0) is 13.8 Å². The Morgan fingerprint density at radius 1 is 1.75 bits per heavy atom. The molecule has 1 saturated heterocycles. The second-order valence-corrected chi connectivity index (χ2v) is 2.49. The van der Waals surface area contributed by atoms with Gasteiger partial charge in [0.25, 0.3) is 0 Å². The molecule has 8 heavy (non-hydrogen) atoms. The fourth-order valence-electron chi connectivity index (χ4n) is 0.884. The van der Waals surface area contributed by atoms with Gasteiger partial charge in [0.05, 0.1) is 6.04 Å². The van der Waals surface area contributed by atoms with Gasteiger partial charge in [-0.15, -0.1) is 0 Å². The van der Waals surface area contributed by atoms with Crippen molar-refractivity contribution in [2.75, 3.05) is 6.54 Å². The van der Waals surface area contributed by atoms with E-state index in [9.17, 15) is 4.79 Å². The predicted octanol–water partition coefficient (Wildman–Crippen LogP) is 0.278. The van der Waals surface area contributed by atoms with Crippen molar-refractivity contribution in [2.24, 2.45) is 0 Å². The second kappa shape index (κ2) is 1.86. The van der Waals surface area contributed by atoms with Gasteiger partial charge in [-0.1, -0.05) is 0 Å². The number of hydrogen-bond acceptors (Lipinski definition) is 2.